The monoisotopic (exact) mass is 443 g/mol. The third kappa shape index (κ3) is 4.25. The molecule has 2 aromatic heterocycles. The lowest BCUT2D eigenvalue weighted by molar-refractivity contribution is -0.134. The van der Waals surface area contributed by atoms with Gasteiger partial charge in [0.1, 0.15) is 22.9 Å². The zero-order valence-corrected chi connectivity index (χ0v) is 17.3. The normalized spacial score (nSPS) is 11.0. The second-order valence-corrected chi connectivity index (χ2v) is 7.44. The molecule has 2 heterocycles. The van der Waals surface area contributed by atoms with Gasteiger partial charge in [0.15, 0.2) is 5.15 Å². The van der Waals surface area contributed by atoms with Crippen LogP contribution < -0.4 is 10.2 Å². The topological polar surface area (TPSA) is 82.5 Å². The molecular formula is C22H15Cl2NO5. The smallest absolute Gasteiger partial charge is 0.311 e. The van der Waals surface area contributed by atoms with Crippen LogP contribution in [0.3, 0.4) is 0 Å². The fraction of sp³-hybridized carbons (Fsp3) is 0.136. The number of halogens is 2. The van der Waals surface area contributed by atoms with Gasteiger partial charge in [0.2, 0.25) is 5.43 Å². The van der Waals surface area contributed by atoms with E-state index in [1.165, 1.54) is 6.07 Å². The van der Waals surface area contributed by atoms with Gasteiger partial charge in [0.05, 0.1) is 17.4 Å². The first-order valence-electron chi connectivity index (χ1n) is 9.06. The van der Waals surface area contributed by atoms with Crippen LogP contribution in [0.1, 0.15) is 17.9 Å². The summed E-state index contributed by atoms with van der Waals surface area (Å²) >= 11 is 11.6. The van der Waals surface area contributed by atoms with Crippen molar-refractivity contribution in [2.24, 2.45) is 0 Å². The van der Waals surface area contributed by atoms with Crippen LogP contribution in [0.15, 0.2) is 62.3 Å². The Morgan fingerprint density at radius 3 is 2.57 bits per heavy atom. The number of rotatable bonds is 5. The highest BCUT2D eigenvalue weighted by molar-refractivity contribution is 6.30. The number of hydrogen-bond donors (Lipinski definition) is 0. The van der Waals surface area contributed by atoms with E-state index < -0.39 is 5.97 Å². The van der Waals surface area contributed by atoms with E-state index >= 15 is 0 Å². The number of benzene rings is 2. The predicted molar refractivity (Wildman–Crippen MR) is 113 cm³/mol. The first kappa shape index (κ1) is 20.2. The van der Waals surface area contributed by atoms with Gasteiger partial charge in [0, 0.05) is 23.6 Å². The summed E-state index contributed by atoms with van der Waals surface area (Å²) in [6.07, 6.45) is 0.396. The lowest BCUT2D eigenvalue weighted by atomic mass is 10.0. The second-order valence-electron chi connectivity index (χ2n) is 6.62. The van der Waals surface area contributed by atoms with Crippen molar-refractivity contribution in [2.75, 3.05) is 0 Å². The molecule has 0 spiro atoms. The summed E-state index contributed by atoms with van der Waals surface area (Å²) in [6, 6.07) is 13.2. The Morgan fingerprint density at radius 1 is 1.10 bits per heavy atom. The molecule has 0 saturated carbocycles. The van der Waals surface area contributed by atoms with Gasteiger partial charge in [-0.25, -0.2) is 0 Å². The molecule has 8 heteroatoms. The molecule has 0 radical (unpaired) electrons. The minimum Gasteiger partial charge on any atom is -0.460 e. The molecule has 0 fully saturated rings. The summed E-state index contributed by atoms with van der Waals surface area (Å²) in [4.78, 5) is 25.1. The summed E-state index contributed by atoms with van der Waals surface area (Å²) in [5.41, 5.74) is 1.35. The number of fused-ring (bicyclic) bond motifs is 1. The molecule has 0 saturated heterocycles. The molecule has 2 aromatic carbocycles. The molecule has 6 nitrogen and oxygen atoms in total. The molecule has 0 N–H and O–H groups in total. The third-order valence-electron chi connectivity index (χ3n) is 4.51. The number of aryl methyl sites for hydroxylation is 2. The van der Waals surface area contributed by atoms with Crippen molar-refractivity contribution in [3.63, 3.8) is 0 Å². The maximum Gasteiger partial charge on any atom is 0.311 e. The van der Waals surface area contributed by atoms with Crippen LogP contribution in [0.2, 0.25) is 10.2 Å². The maximum atomic E-state index is 13.0. The summed E-state index contributed by atoms with van der Waals surface area (Å²) in [6.45, 7) is 1.71. The number of aromatic nitrogens is 1. The Morgan fingerprint density at radius 2 is 1.87 bits per heavy atom. The van der Waals surface area contributed by atoms with Crippen molar-refractivity contribution in [1.29, 1.82) is 0 Å². The number of ether oxygens (including phenoxy) is 1. The van der Waals surface area contributed by atoms with Gasteiger partial charge in [-0.05, 0) is 36.8 Å². The van der Waals surface area contributed by atoms with Crippen LogP contribution in [-0.2, 0) is 11.2 Å². The molecule has 0 aliphatic rings. The highest BCUT2D eigenvalue weighted by Gasteiger charge is 2.15. The molecule has 0 amide bonds. The maximum absolute atomic E-state index is 13.0. The first-order valence-corrected chi connectivity index (χ1v) is 9.81. The minimum absolute atomic E-state index is 0.0854. The quantitative estimate of drug-likeness (QED) is 0.294. The van der Waals surface area contributed by atoms with E-state index in [2.05, 4.69) is 5.16 Å². The van der Waals surface area contributed by atoms with Crippen molar-refractivity contribution < 1.29 is 18.5 Å². The van der Waals surface area contributed by atoms with E-state index in [1.807, 2.05) is 0 Å². The number of hydrogen-bond acceptors (Lipinski definition) is 6. The molecular weight excluding hydrogens is 429 g/mol. The van der Waals surface area contributed by atoms with E-state index in [1.54, 1.807) is 49.4 Å². The number of carbonyl (C=O) groups is 1. The fourth-order valence-electron chi connectivity index (χ4n) is 3.11. The average molecular weight is 444 g/mol. The van der Waals surface area contributed by atoms with Crippen LogP contribution in [0.5, 0.6) is 5.75 Å². The van der Waals surface area contributed by atoms with Crippen molar-refractivity contribution in [3.05, 3.63) is 80.5 Å². The van der Waals surface area contributed by atoms with Crippen LogP contribution in [0.4, 0.5) is 0 Å². The highest BCUT2D eigenvalue weighted by Crippen LogP contribution is 2.27. The molecule has 30 heavy (non-hydrogen) atoms. The Labute approximate surface area is 181 Å². The van der Waals surface area contributed by atoms with Crippen molar-refractivity contribution in [2.45, 2.75) is 19.8 Å². The van der Waals surface area contributed by atoms with E-state index in [0.717, 1.165) is 5.56 Å². The summed E-state index contributed by atoms with van der Waals surface area (Å²) in [5, 5.41) is 4.76. The molecule has 4 aromatic rings. The van der Waals surface area contributed by atoms with Gasteiger partial charge in [-0.3, -0.25) is 9.59 Å². The highest BCUT2D eigenvalue weighted by atomic mass is 35.5. The molecule has 0 unspecified atom stereocenters. The summed E-state index contributed by atoms with van der Waals surface area (Å²) < 4.78 is 16.2. The van der Waals surface area contributed by atoms with Crippen LogP contribution in [0.25, 0.3) is 22.1 Å². The minimum atomic E-state index is -0.460. The Bertz CT molecular complexity index is 1290. The van der Waals surface area contributed by atoms with Gasteiger partial charge in [-0.2, -0.15) is 0 Å². The first-order chi connectivity index (χ1) is 14.4. The zero-order valence-electron chi connectivity index (χ0n) is 15.8. The van der Waals surface area contributed by atoms with Crippen molar-refractivity contribution >= 4 is 40.1 Å². The fourth-order valence-corrected chi connectivity index (χ4v) is 3.40. The van der Waals surface area contributed by atoms with Gasteiger partial charge >= 0.3 is 5.97 Å². The predicted octanol–water partition coefficient (Wildman–Crippen LogP) is 5.60. The zero-order chi connectivity index (χ0) is 21.3. The molecule has 152 valence electrons. The van der Waals surface area contributed by atoms with Gasteiger partial charge in [-0.1, -0.05) is 40.5 Å². The summed E-state index contributed by atoms with van der Waals surface area (Å²) in [7, 11) is 0. The Kier molecular flexibility index (Phi) is 5.61. The van der Waals surface area contributed by atoms with Gasteiger partial charge < -0.3 is 13.7 Å². The second kappa shape index (κ2) is 8.34. The number of esters is 1. The van der Waals surface area contributed by atoms with Crippen molar-refractivity contribution in [1.82, 2.24) is 5.16 Å². The molecule has 0 atom stereocenters. The van der Waals surface area contributed by atoms with Crippen molar-refractivity contribution in [3.8, 4) is 16.9 Å². The molecule has 0 bridgehead atoms. The third-order valence-corrected chi connectivity index (χ3v) is 4.94. The van der Waals surface area contributed by atoms with E-state index in [4.69, 9.17) is 36.9 Å². The van der Waals surface area contributed by atoms with E-state index in [0.29, 0.717) is 39.5 Å². The van der Waals surface area contributed by atoms with Crippen LogP contribution in [-0.4, -0.2) is 11.1 Å². The van der Waals surface area contributed by atoms with Gasteiger partial charge in [-0.15, -0.1) is 0 Å². The summed E-state index contributed by atoms with van der Waals surface area (Å²) in [5.74, 6) is 0.774. The SMILES string of the molecule is Cc1oc2cc(OC(=O)CCc3cc(Cl)no3)ccc2c(=O)c1-c1ccc(Cl)cc1. The van der Waals surface area contributed by atoms with Crippen LogP contribution in [0, 0.1) is 6.92 Å². The Balaban J connectivity index is 1.57. The van der Waals surface area contributed by atoms with Crippen LogP contribution >= 0.6 is 23.2 Å². The standard InChI is InChI=1S/C22H15Cl2NO5/c1-12-21(13-2-4-14(23)5-3-13)22(27)17-8-6-15(10-18(17)28-12)29-20(26)9-7-16-11-19(24)25-30-16/h2-6,8,10-11H,7,9H2,1H3. The Hall–Kier alpha value is -3.09. The van der Waals surface area contributed by atoms with E-state index in [9.17, 15) is 9.59 Å². The van der Waals surface area contributed by atoms with Gasteiger partial charge in [0.25, 0.3) is 0 Å². The lowest BCUT2D eigenvalue weighted by Gasteiger charge is -2.09. The average Bonchev–Trinajstić information content (AvgIpc) is 3.13. The molecule has 0 aliphatic carbocycles. The molecule has 0 aliphatic heterocycles. The lowest BCUT2D eigenvalue weighted by Crippen LogP contribution is -2.10. The largest absolute Gasteiger partial charge is 0.460 e. The number of carbonyl (C=O) groups excluding carboxylic acids is 1. The van der Waals surface area contributed by atoms with E-state index in [-0.39, 0.29) is 22.8 Å². The number of nitrogens with zero attached hydrogens (tertiary/aromatic N) is 1. The molecule has 4 rings (SSSR count).